The molecule has 0 aromatic heterocycles. The Morgan fingerprint density at radius 1 is 0.895 bits per heavy atom. The molecule has 2 aliphatic heterocycles. The lowest BCUT2D eigenvalue weighted by molar-refractivity contribution is 0.252. The van der Waals surface area contributed by atoms with Crippen LogP contribution < -0.4 is 0 Å². The standard InChI is InChI=1S/C17H26N2/c1-18-12-9-14(10-13-18)15-6-3-4-7-16(15)17-8-5-11-19(17)2/h3-4,6-7,14,17H,5,8-13H2,1-2H3/t17-/m0/s1. The van der Waals surface area contributed by atoms with Crippen LogP contribution in [-0.4, -0.2) is 43.5 Å². The van der Waals surface area contributed by atoms with Gasteiger partial charge in [0.15, 0.2) is 0 Å². The molecular weight excluding hydrogens is 232 g/mol. The summed E-state index contributed by atoms with van der Waals surface area (Å²) in [7, 11) is 4.52. The van der Waals surface area contributed by atoms with Gasteiger partial charge in [-0.05, 0) is 76.5 Å². The van der Waals surface area contributed by atoms with Crippen molar-refractivity contribution in [3.05, 3.63) is 35.4 Å². The Hall–Kier alpha value is -0.860. The Balaban J connectivity index is 1.85. The van der Waals surface area contributed by atoms with Crippen molar-refractivity contribution < 1.29 is 0 Å². The van der Waals surface area contributed by atoms with E-state index in [-0.39, 0.29) is 0 Å². The molecule has 2 saturated heterocycles. The van der Waals surface area contributed by atoms with E-state index in [2.05, 4.69) is 48.2 Å². The molecule has 19 heavy (non-hydrogen) atoms. The summed E-state index contributed by atoms with van der Waals surface area (Å²) in [5.74, 6) is 0.779. The van der Waals surface area contributed by atoms with Crippen LogP contribution in [0.2, 0.25) is 0 Å². The SMILES string of the molecule is CN1CCC(c2ccccc2[C@@H]2CCCN2C)CC1. The second-order valence-corrected chi connectivity index (χ2v) is 6.35. The average Bonchev–Trinajstić information content (AvgIpc) is 2.86. The van der Waals surface area contributed by atoms with Crippen LogP contribution in [-0.2, 0) is 0 Å². The Bertz CT molecular complexity index is 421. The molecule has 3 rings (SSSR count). The van der Waals surface area contributed by atoms with Crippen molar-refractivity contribution in [1.82, 2.24) is 9.80 Å². The molecule has 2 heteroatoms. The Kier molecular flexibility index (Phi) is 3.90. The van der Waals surface area contributed by atoms with Crippen LogP contribution in [0, 0.1) is 0 Å². The lowest BCUT2D eigenvalue weighted by atomic mass is 9.84. The molecule has 2 heterocycles. The van der Waals surface area contributed by atoms with Gasteiger partial charge >= 0.3 is 0 Å². The van der Waals surface area contributed by atoms with Crippen LogP contribution in [0.3, 0.4) is 0 Å². The van der Waals surface area contributed by atoms with E-state index in [0.717, 1.165) is 5.92 Å². The Morgan fingerprint density at radius 3 is 2.21 bits per heavy atom. The molecule has 0 unspecified atom stereocenters. The second kappa shape index (κ2) is 5.64. The van der Waals surface area contributed by atoms with E-state index < -0.39 is 0 Å². The van der Waals surface area contributed by atoms with Crippen molar-refractivity contribution in [2.24, 2.45) is 0 Å². The maximum absolute atomic E-state index is 2.54. The van der Waals surface area contributed by atoms with Crippen molar-refractivity contribution in [2.75, 3.05) is 33.7 Å². The highest BCUT2D eigenvalue weighted by Crippen LogP contribution is 2.38. The number of likely N-dealkylation sites (tertiary alicyclic amines) is 2. The molecule has 1 aromatic carbocycles. The van der Waals surface area contributed by atoms with Crippen LogP contribution in [0.1, 0.15) is 48.8 Å². The zero-order valence-corrected chi connectivity index (χ0v) is 12.3. The first-order valence-electron chi connectivity index (χ1n) is 7.73. The number of hydrogen-bond acceptors (Lipinski definition) is 2. The van der Waals surface area contributed by atoms with E-state index in [0.29, 0.717) is 6.04 Å². The van der Waals surface area contributed by atoms with Crippen molar-refractivity contribution in [2.45, 2.75) is 37.6 Å². The van der Waals surface area contributed by atoms with Gasteiger partial charge in [-0.3, -0.25) is 4.90 Å². The van der Waals surface area contributed by atoms with E-state index in [4.69, 9.17) is 0 Å². The highest BCUT2D eigenvalue weighted by atomic mass is 15.1. The molecular formula is C17H26N2. The molecule has 0 amide bonds. The van der Waals surface area contributed by atoms with Gasteiger partial charge in [0.05, 0.1) is 0 Å². The first-order chi connectivity index (χ1) is 9.25. The molecule has 104 valence electrons. The van der Waals surface area contributed by atoms with E-state index >= 15 is 0 Å². The van der Waals surface area contributed by atoms with Crippen LogP contribution >= 0.6 is 0 Å². The first-order valence-corrected chi connectivity index (χ1v) is 7.73. The number of hydrogen-bond donors (Lipinski definition) is 0. The fourth-order valence-corrected chi connectivity index (χ4v) is 3.81. The van der Waals surface area contributed by atoms with Gasteiger partial charge in [-0.1, -0.05) is 24.3 Å². The van der Waals surface area contributed by atoms with Crippen LogP contribution in [0.4, 0.5) is 0 Å². The summed E-state index contributed by atoms with van der Waals surface area (Å²) in [5, 5.41) is 0. The summed E-state index contributed by atoms with van der Waals surface area (Å²) in [4.78, 5) is 4.99. The van der Waals surface area contributed by atoms with E-state index in [1.165, 1.54) is 45.3 Å². The van der Waals surface area contributed by atoms with Gasteiger partial charge < -0.3 is 4.90 Å². The van der Waals surface area contributed by atoms with Crippen LogP contribution in [0.5, 0.6) is 0 Å². The van der Waals surface area contributed by atoms with Gasteiger partial charge in [0.25, 0.3) is 0 Å². The number of piperidine rings is 1. The van der Waals surface area contributed by atoms with Crippen molar-refractivity contribution >= 4 is 0 Å². The minimum Gasteiger partial charge on any atom is -0.306 e. The molecule has 0 bridgehead atoms. The van der Waals surface area contributed by atoms with Crippen molar-refractivity contribution in [3.8, 4) is 0 Å². The summed E-state index contributed by atoms with van der Waals surface area (Å²) in [5.41, 5.74) is 3.24. The third-order valence-electron chi connectivity index (χ3n) is 5.03. The predicted octanol–water partition coefficient (Wildman–Crippen LogP) is 3.26. The van der Waals surface area contributed by atoms with Gasteiger partial charge in [0.2, 0.25) is 0 Å². The zero-order valence-electron chi connectivity index (χ0n) is 12.3. The van der Waals surface area contributed by atoms with E-state index in [1.54, 1.807) is 11.1 Å². The summed E-state index contributed by atoms with van der Waals surface area (Å²) < 4.78 is 0. The maximum Gasteiger partial charge on any atom is 0.0348 e. The van der Waals surface area contributed by atoms with Crippen molar-refractivity contribution in [1.29, 1.82) is 0 Å². The smallest absolute Gasteiger partial charge is 0.0348 e. The lowest BCUT2D eigenvalue weighted by Crippen LogP contribution is -2.30. The Morgan fingerprint density at radius 2 is 1.58 bits per heavy atom. The molecule has 0 spiro atoms. The number of nitrogens with zero attached hydrogens (tertiary/aromatic N) is 2. The molecule has 2 aliphatic rings. The summed E-state index contributed by atoms with van der Waals surface area (Å²) >= 11 is 0. The quantitative estimate of drug-likeness (QED) is 0.803. The molecule has 0 N–H and O–H groups in total. The van der Waals surface area contributed by atoms with E-state index in [9.17, 15) is 0 Å². The van der Waals surface area contributed by atoms with Gasteiger partial charge in [0, 0.05) is 6.04 Å². The predicted molar refractivity (Wildman–Crippen MR) is 80.5 cm³/mol. The monoisotopic (exact) mass is 258 g/mol. The zero-order chi connectivity index (χ0) is 13.2. The minimum atomic E-state index is 0.663. The van der Waals surface area contributed by atoms with Gasteiger partial charge in [-0.15, -0.1) is 0 Å². The highest BCUT2D eigenvalue weighted by Gasteiger charge is 2.27. The molecule has 0 radical (unpaired) electrons. The molecule has 2 fully saturated rings. The Labute approximate surface area is 117 Å². The molecule has 1 atom stereocenters. The number of benzene rings is 1. The maximum atomic E-state index is 2.54. The average molecular weight is 258 g/mol. The normalized spacial score (nSPS) is 26.9. The van der Waals surface area contributed by atoms with Gasteiger partial charge in [-0.25, -0.2) is 0 Å². The fraction of sp³-hybridized carbons (Fsp3) is 0.647. The topological polar surface area (TPSA) is 6.48 Å². The summed E-state index contributed by atoms with van der Waals surface area (Å²) in [6, 6.07) is 9.87. The van der Waals surface area contributed by atoms with Crippen LogP contribution in [0.15, 0.2) is 24.3 Å². The molecule has 0 aliphatic carbocycles. The summed E-state index contributed by atoms with van der Waals surface area (Å²) in [6.45, 7) is 3.76. The molecule has 2 nitrogen and oxygen atoms in total. The van der Waals surface area contributed by atoms with Crippen LogP contribution in [0.25, 0.3) is 0 Å². The largest absolute Gasteiger partial charge is 0.306 e. The first kappa shape index (κ1) is 13.1. The third kappa shape index (κ3) is 2.70. The second-order valence-electron chi connectivity index (χ2n) is 6.35. The van der Waals surface area contributed by atoms with Gasteiger partial charge in [0.1, 0.15) is 0 Å². The highest BCUT2D eigenvalue weighted by molar-refractivity contribution is 5.34. The number of rotatable bonds is 2. The molecule has 0 saturated carbocycles. The van der Waals surface area contributed by atoms with E-state index in [1.807, 2.05) is 0 Å². The third-order valence-corrected chi connectivity index (χ3v) is 5.03. The minimum absolute atomic E-state index is 0.663. The summed E-state index contributed by atoms with van der Waals surface area (Å²) in [6.07, 6.45) is 5.33. The van der Waals surface area contributed by atoms with Gasteiger partial charge in [-0.2, -0.15) is 0 Å². The molecule has 1 aromatic rings. The lowest BCUT2D eigenvalue weighted by Gasteiger charge is -2.32. The fourth-order valence-electron chi connectivity index (χ4n) is 3.81. The van der Waals surface area contributed by atoms with Crippen molar-refractivity contribution in [3.63, 3.8) is 0 Å².